The normalized spacial score (nSPS) is 25.3. The van der Waals surface area contributed by atoms with E-state index in [0.717, 1.165) is 12.1 Å². The molecule has 3 N–H and O–H groups in total. The van der Waals surface area contributed by atoms with Gasteiger partial charge in [0, 0.05) is 19.6 Å². The minimum atomic E-state index is -5.08. The number of hydrogen-bond donors (Lipinski definition) is 3. The average Bonchev–Trinajstić information content (AvgIpc) is 3.12. The maximum Gasteiger partial charge on any atom is 0.490 e. The summed E-state index contributed by atoms with van der Waals surface area (Å²) in [5.41, 5.74) is -4.71. The number of halogens is 7. The molecule has 2 atom stereocenters. The van der Waals surface area contributed by atoms with E-state index >= 15 is 0 Å². The molecule has 1 aliphatic heterocycles. The quantitative estimate of drug-likeness (QED) is 0.591. The van der Waals surface area contributed by atoms with E-state index in [1.54, 1.807) is 0 Å². The van der Waals surface area contributed by atoms with Gasteiger partial charge < -0.3 is 15.3 Å². The lowest BCUT2D eigenvalue weighted by atomic mass is 9.97. The maximum absolute atomic E-state index is 13.6. The number of alkyl halides is 6. The number of carboxylic acids is 3. The zero-order valence-electron chi connectivity index (χ0n) is 15.2. The van der Waals surface area contributed by atoms with Gasteiger partial charge in [-0.25, -0.2) is 9.18 Å². The van der Waals surface area contributed by atoms with E-state index in [0.29, 0.717) is 6.07 Å². The Balaban J connectivity index is 0.000000423. The van der Waals surface area contributed by atoms with Crippen molar-refractivity contribution in [3.8, 4) is 0 Å². The number of piperidine rings is 1. The molecule has 1 saturated heterocycles. The number of aliphatic carboxylic acids is 3. The van der Waals surface area contributed by atoms with Crippen LogP contribution in [0.15, 0.2) is 18.2 Å². The Morgan fingerprint density at radius 3 is 1.74 bits per heavy atom. The van der Waals surface area contributed by atoms with Crippen molar-refractivity contribution in [2.45, 2.75) is 25.3 Å². The van der Waals surface area contributed by atoms with Gasteiger partial charge >= 0.3 is 30.3 Å². The van der Waals surface area contributed by atoms with Crippen molar-refractivity contribution in [3.63, 3.8) is 0 Å². The van der Waals surface area contributed by atoms with Crippen LogP contribution in [0.25, 0.3) is 0 Å². The predicted molar refractivity (Wildman–Crippen MR) is 85.1 cm³/mol. The molecule has 0 aromatic heterocycles. The van der Waals surface area contributed by atoms with Gasteiger partial charge in [0.15, 0.2) is 0 Å². The number of hydrogen-bond acceptors (Lipinski definition) is 4. The van der Waals surface area contributed by atoms with Crippen LogP contribution in [0, 0.1) is 16.6 Å². The molecule has 2 fully saturated rings. The molecular formula is C17H14F7NO6. The molecule has 1 heterocycles. The Labute approximate surface area is 168 Å². The minimum absolute atomic E-state index is 0.0452. The van der Waals surface area contributed by atoms with Crippen LogP contribution in [-0.2, 0) is 27.1 Å². The first-order valence-electron chi connectivity index (χ1n) is 8.32. The summed E-state index contributed by atoms with van der Waals surface area (Å²) >= 11 is 0. The number of fused-ring (bicyclic) bond motifs is 1. The summed E-state index contributed by atoms with van der Waals surface area (Å²) in [6.07, 6.45) is -10.0. The first-order chi connectivity index (χ1) is 14.0. The summed E-state index contributed by atoms with van der Waals surface area (Å²) in [5.74, 6) is -6.72. The van der Waals surface area contributed by atoms with Crippen LogP contribution in [0.1, 0.15) is 17.5 Å². The summed E-state index contributed by atoms with van der Waals surface area (Å²) in [7, 11) is 0. The predicted octanol–water partition coefficient (Wildman–Crippen LogP) is 2.84. The molecule has 0 spiro atoms. The highest BCUT2D eigenvalue weighted by Crippen LogP contribution is 2.68. The van der Waals surface area contributed by atoms with Crippen molar-refractivity contribution < 1.29 is 60.4 Å². The highest BCUT2D eigenvalue weighted by Gasteiger charge is 2.80. The van der Waals surface area contributed by atoms with Gasteiger partial charge in [-0.3, -0.25) is 14.5 Å². The molecule has 7 nitrogen and oxygen atoms in total. The van der Waals surface area contributed by atoms with Crippen LogP contribution >= 0.6 is 0 Å². The fourth-order valence-electron chi connectivity index (χ4n) is 3.77. The van der Waals surface area contributed by atoms with E-state index in [4.69, 9.17) is 9.90 Å². The molecule has 14 heteroatoms. The van der Waals surface area contributed by atoms with Gasteiger partial charge in [-0.1, -0.05) is 12.1 Å². The van der Waals surface area contributed by atoms with Crippen LogP contribution in [0.4, 0.5) is 30.7 Å². The summed E-state index contributed by atoms with van der Waals surface area (Å²) < 4.78 is 84.4. The molecule has 0 unspecified atom stereocenters. The Morgan fingerprint density at radius 1 is 0.935 bits per heavy atom. The van der Waals surface area contributed by atoms with Gasteiger partial charge in [0.2, 0.25) is 0 Å². The smallest absolute Gasteiger partial charge is 0.481 e. The topological polar surface area (TPSA) is 115 Å². The maximum atomic E-state index is 13.6. The molecule has 1 aromatic carbocycles. The molecule has 1 aromatic rings. The molecule has 1 aliphatic carbocycles. The van der Waals surface area contributed by atoms with Crippen LogP contribution in [0.5, 0.6) is 0 Å². The van der Waals surface area contributed by atoms with Gasteiger partial charge in [0.05, 0.1) is 16.4 Å². The van der Waals surface area contributed by atoms with Gasteiger partial charge in [-0.05, 0) is 18.1 Å². The van der Waals surface area contributed by atoms with Crippen molar-refractivity contribution in [3.05, 3.63) is 35.1 Å². The van der Waals surface area contributed by atoms with Gasteiger partial charge in [-0.2, -0.15) is 26.3 Å². The highest BCUT2D eigenvalue weighted by atomic mass is 19.4. The largest absolute Gasteiger partial charge is 0.490 e. The van der Waals surface area contributed by atoms with Gasteiger partial charge in [-0.15, -0.1) is 0 Å². The number of nitrogens with zero attached hydrogens (tertiary/aromatic N) is 1. The van der Waals surface area contributed by atoms with Crippen LogP contribution in [0.3, 0.4) is 0 Å². The van der Waals surface area contributed by atoms with E-state index in [2.05, 4.69) is 0 Å². The minimum Gasteiger partial charge on any atom is -0.481 e. The SMILES string of the molecule is O=C(O)C(F)(F)F.O=C(O)[C@@]12CN(Cc3cccc(F)c3C(F)(F)F)C[C@]1(C(=O)O)C2. The summed E-state index contributed by atoms with van der Waals surface area (Å²) in [4.78, 5) is 33.1. The fourth-order valence-corrected chi connectivity index (χ4v) is 3.77. The lowest BCUT2D eigenvalue weighted by Crippen LogP contribution is -2.29. The lowest BCUT2D eigenvalue weighted by Gasteiger charge is -2.22. The Hall–Kier alpha value is -2.90. The first-order valence-corrected chi connectivity index (χ1v) is 8.32. The van der Waals surface area contributed by atoms with E-state index < -0.39 is 52.5 Å². The highest BCUT2D eigenvalue weighted by molar-refractivity contribution is 5.94. The fraction of sp³-hybridized carbons (Fsp3) is 0.471. The molecule has 0 amide bonds. The van der Waals surface area contributed by atoms with E-state index in [1.165, 1.54) is 4.90 Å². The van der Waals surface area contributed by atoms with Crippen LogP contribution in [0.2, 0.25) is 0 Å². The molecule has 172 valence electrons. The van der Waals surface area contributed by atoms with Crippen molar-refractivity contribution in [2.75, 3.05) is 13.1 Å². The third kappa shape index (κ3) is 4.43. The van der Waals surface area contributed by atoms with E-state index in [1.807, 2.05) is 0 Å². The average molecular weight is 461 g/mol. The number of carbonyl (C=O) groups is 3. The molecule has 0 bridgehead atoms. The van der Waals surface area contributed by atoms with Crippen molar-refractivity contribution in [2.24, 2.45) is 10.8 Å². The zero-order chi connectivity index (χ0) is 24.0. The standard InChI is InChI=1S/C15H13F4NO4.C2HF3O2/c16-9-3-1-2-8(10(9)15(17,18)19)4-20-6-13(11(21)22)5-14(13,7-20)12(23)24;3-2(4,5)1(6)7/h1-3H,4-7H2,(H,21,22)(H,23,24);(H,6,7)/t13-,14+;. The van der Waals surface area contributed by atoms with E-state index in [9.17, 15) is 50.5 Å². The molecular weight excluding hydrogens is 447 g/mol. The Bertz CT molecular complexity index is 887. The monoisotopic (exact) mass is 461 g/mol. The van der Waals surface area contributed by atoms with Crippen molar-refractivity contribution in [1.29, 1.82) is 0 Å². The second-order valence-corrected chi connectivity index (χ2v) is 7.17. The van der Waals surface area contributed by atoms with E-state index in [-0.39, 0.29) is 31.6 Å². The summed E-state index contributed by atoms with van der Waals surface area (Å²) in [6.45, 7) is -0.721. The van der Waals surface area contributed by atoms with Crippen molar-refractivity contribution >= 4 is 17.9 Å². The summed E-state index contributed by atoms with van der Waals surface area (Å²) in [6, 6.07) is 2.94. The number of benzene rings is 1. The first kappa shape index (κ1) is 24.4. The lowest BCUT2D eigenvalue weighted by molar-refractivity contribution is -0.192. The van der Waals surface area contributed by atoms with Gasteiger partial charge in [0.25, 0.3) is 0 Å². The third-order valence-electron chi connectivity index (χ3n) is 5.22. The number of likely N-dealkylation sites (tertiary alicyclic amines) is 1. The van der Waals surface area contributed by atoms with Crippen LogP contribution < -0.4 is 0 Å². The Kier molecular flexibility index (Phi) is 6.02. The molecule has 3 rings (SSSR count). The molecule has 2 aliphatic rings. The molecule has 31 heavy (non-hydrogen) atoms. The van der Waals surface area contributed by atoms with Crippen LogP contribution in [-0.4, -0.2) is 57.4 Å². The Morgan fingerprint density at radius 2 is 1.39 bits per heavy atom. The number of carboxylic acid groups (broad SMARTS) is 3. The second kappa shape index (κ2) is 7.66. The molecule has 1 saturated carbocycles. The molecule has 0 radical (unpaired) electrons. The third-order valence-corrected chi connectivity index (χ3v) is 5.22. The zero-order valence-corrected chi connectivity index (χ0v) is 15.2. The summed E-state index contributed by atoms with van der Waals surface area (Å²) in [5, 5.41) is 25.7. The second-order valence-electron chi connectivity index (χ2n) is 7.17. The van der Waals surface area contributed by atoms with Crippen molar-refractivity contribution in [1.82, 2.24) is 4.90 Å². The van der Waals surface area contributed by atoms with Gasteiger partial charge in [0.1, 0.15) is 5.82 Å². The number of rotatable bonds is 4.